The predicted octanol–water partition coefficient (Wildman–Crippen LogP) is 4.76. The Hall–Kier alpha value is -2.69. The van der Waals surface area contributed by atoms with E-state index in [1.807, 2.05) is 6.07 Å². The second kappa shape index (κ2) is 9.89. The maximum Gasteiger partial charge on any atom is 0.227 e. The Morgan fingerprint density at radius 1 is 1.15 bits per heavy atom. The molecule has 1 saturated carbocycles. The second-order valence-electron chi connectivity index (χ2n) is 8.34. The normalized spacial score (nSPS) is 18.8. The lowest BCUT2D eigenvalue weighted by molar-refractivity contribution is 0.122. The maximum absolute atomic E-state index is 13.4. The van der Waals surface area contributed by atoms with Crippen molar-refractivity contribution in [2.45, 2.75) is 37.8 Å². The fourth-order valence-corrected chi connectivity index (χ4v) is 4.96. The molecular weight excluding hydrogens is 483 g/mol. The Kier molecular flexibility index (Phi) is 7.11. The third-order valence-electron chi connectivity index (χ3n) is 6.02. The second-order valence-corrected chi connectivity index (χ2v) is 10.8. The molecule has 1 N–H and O–H groups in total. The highest BCUT2D eigenvalue weighted by atomic mass is 35.5. The van der Waals surface area contributed by atoms with Crippen LogP contribution in [0.5, 0.6) is 11.5 Å². The zero-order chi connectivity index (χ0) is 24.5. The van der Waals surface area contributed by atoms with Crippen LogP contribution in [0.3, 0.4) is 0 Å². The minimum atomic E-state index is -3.21. The van der Waals surface area contributed by atoms with Gasteiger partial charge in [0.25, 0.3) is 0 Å². The summed E-state index contributed by atoms with van der Waals surface area (Å²) in [6.45, 7) is 0. The monoisotopic (exact) mass is 508 g/mol. The maximum atomic E-state index is 13.4. The van der Waals surface area contributed by atoms with Gasteiger partial charge in [-0.1, -0.05) is 11.6 Å². The van der Waals surface area contributed by atoms with E-state index in [0.717, 1.165) is 31.1 Å². The molecule has 0 saturated heterocycles. The summed E-state index contributed by atoms with van der Waals surface area (Å²) in [4.78, 5) is 8.85. The zero-order valence-corrected chi connectivity index (χ0v) is 20.7. The number of ether oxygens (including phenoxy) is 2. The highest BCUT2D eigenvalue weighted by Gasteiger charge is 2.29. The van der Waals surface area contributed by atoms with Crippen LogP contribution in [0, 0.1) is 5.82 Å². The summed E-state index contributed by atoms with van der Waals surface area (Å²) in [5, 5.41) is 3.79. The van der Waals surface area contributed by atoms with Crippen molar-refractivity contribution in [1.29, 1.82) is 0 Å². The van der Waals surface area contributed by atoms with Crippen molar-refractivity contribution in [3.05, 3.63) is 47.4 Å². The van der Waals surface area contributed by atoms with E-state index in [-0.39, 0.29) is 17.2 Å². The summed E-state index contributed by atoms with van der Waals surface area (Å²) in [5.41, 5.74) is 1.21. The largest absolute Gasteiger partial charge is 0.493 e. The molecule has 0 amide bonds. The molecule has 0 atom stereocenters. The average molecular weight is 509 g/mol. The summed E-state index contributed by atoms with van der Waals surface area (Å²) in [5.74, 6) is 0.959. The number of sulfonamides is 1. The van der Waals surface area contributed by atoms with E-state index in [1.165, 1.54) is 22.7 Å². The molecule has 2 aromatic carbocycles. The number of benzene rings is 2. The number of anilines is 2. The third kappa shape index (κ3) is 5.51. The van der Waals surface area contributed by atoms with Gasteiger partial charge in [0.15, 0.2) is 11.5 Å². The zero-order valence-electron chi connectivity index (χ0n) is 19.1. The molecule has 1 aliphatic rings. The Balaban J connectivity index is 1.48. The number of aromatic nitrogens is 2. The van der Waals surface area contributed by atoms with Crippen molar-refractivity contribution in [1.82, 2.24) is 14.3 Å². The average Bonchev–Trinajstić information content (AvgIpc) is 2.80. The van der Waals surface area contributed by atoms with Crippen molar-refractivity contribution in [2.24, 2.45) is 0 Å². The van der Waals surface area contributed by atoms with Crippen LogP contribution in [0.1, 0.15) is 25.7 Å². The van der Waals surface area contributed by atoms with Gasteiger partial charge in [0.1, 0.15) is 5.82 Å². The number of nitrogens with one attached hydrogen (secondary N) is 1. The Bertz CT molecular complexity index is 1300. The molecule has 1 heterocycles. The first kappa shape index (κ1) is 24.4. The highest BCUT2D eigenvalue weighted by Crippen LogP contribution is 2.35. The molecule has 1 aromatic heterocycles. The van der Waals surface area contributed by atoms with Gasteiger partial charge in [-0.3, -0.25) is 0 Å². The van der Waals surface area contributed by atoms with E-state index in [0.29, 0.717) is 28.7 Å². The van der Waals surface area contributed by atoms with Gasteiger partial charge in [0.05, 0.1) is 30.0 Å². The molecule has 3 aromatic rings. The minimum absolute atomic E-state index is 0.00578. The molecule has 4 rings (SSSR count). The summed E-state index contributed by atoms with van der Waals surface area (Å²) in [6.07, 6.45) is 5.80. The molecule has 1 fully saturated rings. The molecule has 182 valence electrons. The molecule has 0 spiro atoms. The van der Waals surface area contributed by atoms with Crippen LogP contribution in [-0.4, -0.2) is 55.3 Å². The lowest BCUT2D eigenvalue weighted by Crippen LogP contribution is -2.40. The first-order valence-corrected chi connectivity index (χ1v) is 13.0. The standard InChI is InChI=1S/C23H26ClFN4O4S/c1-29(34(3,30)31)16-5-7-17(8-6-16)33-22-10-14-13-26-23(28-20(14)12-21(22)32-2)27-15-4-9-19(25)18(24)11-15/h4,9-13,16-17H,5-8H2,1-3H3,(H,26,27,28). The van der Waals surface area contributed by atoms with Crippen molar-refractivity contribution >= 4 is 44.2 Å². The predicted molar refractivity (Wildman–Crippen MR) is 130 cm³/mol. The molecular formula is C23H26ClFN4O4S. The quantitative estimate of drug-likeness (QED) is 0.492. The molecule has 1 aliphatic carbocycles. The number of halogens is 2. The van der Waals surface area contributed by atoms with E-state index in [2.05, 4.69) is 15.3 Å². The van der Waals surface area contributed by atoms with Crippen molar-refractivity contribution < 1.29 is 22.3 Å². The molecule has 0 aliphatic heterocycles. The number of rotatable bonds is 7. The van der Waals surface area contributed by atoms with Gasteiger partial charge in [0.2, 0.25) is 16.0 Å². The Morgan fingerprint density at radius 3 is 2.53 bits per heavy atom. The highest BCUT2D eigenvalue weighted by molar-refractivity contribution is 7.88. The Labute approximate surface area is 203 Å². The number of hydrogen-bond donors (Lipinski definition) is 1. The third-order valence-corrected chi connectivity index (χ3v) is 7.65. The fourth-order valence-electron chi connectivity index (χ4n) is 4.03. The molecule has 0 bridgehead atoms. The SMILES string of the molecule is COc1cc2nc(Nc3ccc(F)c(Cl)c3)ncc2cc1OC1CCC(N(C)S(C)(=O)=O)CC1. The number of methoxy groups -OCH3 is 1. The van der Waals surface area contributed by atoms with E-state index in [9.17, 15) is 12.8 Å². The van der Waals surface area contributed by atoms with Crippen molar-refractivity contribution in [3.63, 3.8) is 0 Å². The van der Waals surface area contributed by atoms with E-state index < -0.39 is 15.8 Å². The molecule has 34 heavy (non-hydrogen) atoms. The molecule has 8 nitrogen and oxygen atoms in total. The van der Waals surface area contributed by atoms with Crippen LogP contribution >= 0.6 is 11.6 Å². The number of hydrogen-bond acceptors (Lipinski definition) is 7. The van der Waals surface area contributed by atoms with Crippen LogP contribution in [0.2, 0.25) is 5.02 Å². The molecule has 11 heteroatoms. The number of nitrogens with zero attached hydrogens (tertiary/aromatic N) is 3. The van der Waals surface area contributed by atoms with Crippen molar-refractivity contribution in [2.75, 3.05) is 25.7 Å². The van der Waals surface area contributed by atoms with E-state index in [4.69, 9.17) is 21.1 Å². The smallest absolute Gasteiger partial charge is 0.227 e. The van der Waals surface area contributed by atoms with E-state index >= 15 is 0 Å². The topological polar surface area (TPSA) is 93.7 Å². The van der Waals surface area contributed by atoms with Gasteiger partial charge in [-0.25, -0.2) is 27.1 Å². The lowest BCUT2D eigenvalue weighted by Gasteiger charge is -2.33. The van der Waals surface area contributed by atoms with Crippen LogP contribution in [-0.2, 0) is 10.0 Å². The fraction of sp³-hybridized carbons (Fsp3) is 0.391. The summed E-state index contributed by atoms with van der Waals surface area (Å²) in [6, 6.07) is 7.88. The first-order valence-electron chi connectivity index (χ1n) is 10.8. The van der Waals surface area contributed by atoms with Crippen LogP contribution < -0.4 is 14.8 Å². The van der Waals surface area contributed by atoms with Gasteiger partial charge < -0.3 is 14.8 Å². The van der Waals surface area contributed by atoms with Gasteiger partial charge >= 0.3 is 0 Å². The van der Waals surface area contributed by atoms with E-state index in [1.54, 1.807) is 32.5 Å². The lowest BCUT2D eigenvalue weighted by atomic mass is 9.93. The number of fused-ring (bicyclic) bond motifs is 1. The van der Waals surface area contributed by atoms with Crippen LogP contribution in [0.25, 0.3) is 10.9 Å². The van der Waals surface area contributed by atoms with Gasteiger partial charge in [-0.2, -0.15) is 0 Å². The summed E-state index contributed by atoms with van der Waals surface area (Å²) >= 11 is 5.84. The van der Waals surface area contributed by atoms with Gasteiger partial charge in [-0.15, -0.1) is 0 Å². The summed E-state index contributed by atoms with van der Waals surface area (Å²) < 4.78 is 50.2. The minimum Gasteiger partial charge on any atom is -0.493 e. The van der Waals surface area contributed by atoms with Crippen LogP contribution in [0.4, 0.5) is 16.0 Å². The molecule has 0 radical (unpaired) electrons. The molecule has 0 unspecified atom stereocenters. The summed E-state index contributed by atoms with van der Waals surface area (Å²) in [7, 11) is -0.0225. The Morgan fingerprint density at radius 2 is 1.88 bits per heavy atom. The van der Waals surface area contributed by atoms with Crippen LogP contribution in [0.15, 0.2) is 36.5 Å². The van der Waals surface area contributed by atoms with Gasteiger partial charge in [-0.05, 0) is 49.9 Å². The first-order chi connectivity index (χ1) is 16.1. The van der Waals surface area contributed by atoms with Gasteiger partial charge in [0, 0.05) is 36.4 Å². The van der Waals surface area contributed by atoms with Crippen molar-refractivity contribution in [3.8, 4) is 11.5 Å².